The van der Waals surface area contributed by atoms with E-state index in [4.69, 9.17) is 11.3 Å². The van der Waals surface area contributed by atoms with Crippen molar-refractivity contribution in [3.8, 4) is 0 Å². The molecule has 74 valence electrons. The van der Waals surface area contributed by atoms with Crippen molar-refractivity contribution in [1.82, 2.24) is 0 Å². The molecule has 0 bridgehead atoms. The van der Waals surface area contributed by atoms with Gasteiger partial charge >= 0.3 is 0 Å². The molecule has 1 rings (SSSR count). The molecule has 1 aromatic rings. The first kappa shape index (κ1) is 12.3. The van der Waals surface area contributed by atoms with Crippen molar-refractivity contribution < 1.29 is 4.79 Å². The van der Waals surface area contributed by atoms with E-state index in [9.17, 15) is 4.79 Å². The van der Waals surface area contributed by atoms with Crippen molar-refractivity contribution in [1.29, 1.82) is 0 Å². The van der Waals surface area contributed by atoms with Crippen LogP contribution in [0.4, 0.5) is 0 Å². The van der Waals surface area contributed by atoms with Crippen molar-refractivity contribution in [2.75, 3.05) is 0 Å². The first-order valence-electron chi connectivity index (χ1n) is 3.64. The van der Waals surface area contributed by atoms with Gasteiger partial charge in [0.25, 0.3) is 0 Å². The van der Waals surface area contributed by atoms with Crippen LogP contribution in [-0.4, -0.2) is 5.91 Å². The summed E-state index contributed by atoms with van der Waals surface area (Å²) in [6, 6.07) is 6.77. The zero-order valence-corrected chi connectivity index (χ0v) is 8.07. The second kappa shape index (κ2) is 5.85. The second-order valence-electron chi connectivity index (χ2n) is 2.41. The van der Waals surface area contributed by atoms with Crippen molar-refractivity contribution in [3.63, 3.8) is 0 Å². The van der Waals surface area contributed by atoms with Gasteiger partial charge in [-0.2, -0.15) is 0 Å². The second-order valence-corrected chi connectivity index (χ2v) is 2.41. The molecule has 0 fully saturated rings. The van der Waals surface area contributed by atoms with Crippen molar-refractivity contribution in [2.45, 2.75) is 6.54 Å². The number of carbonyl (C=O) groups excluding carboxylic acids is 1. The first-order chi connectivity index (χ1) is 6.25. The number of nitrogens with two attached hydrogens (primary N) is 1. The topological polar surface area (TPSA) is 91.8 Å². The van der Waals surface area contributed by atoms with Crippen LogP contribution >= 0.6 is 12.4 Å². The molecular formula is C8H9ClN4O. The van der Waals surface area contributed by atoms with Gasteiger partial charge in [-0.3, -0.25) is 4.79 Å². The molecule has 0 radical (unpaired) electrons. The molecule has 0 unspecified atom stereocenters. The Kier molecular flexibility index (Phi) is 5.14. The Bertz CT molecular complexity index is 373. The fourth-order valence-corrected chi connectivity index (χ4v) is 1.01. The molecule has 0 spiro atoms. The van der Waals surface area contributed by atoms with Crippen molar-refractivity contribution in [2.24, 2.45) is 10.8 Å². The Morgan fingerprint density at radius 1 is 1.50 bits per heavy atom. The summed E-state index contributed by atoms with van der Waals surface area (Å²) in [5.74, 6) is -0.510. The summed E-state index contributed by atoms with van der Waals surface area (Å²) in [6.07, 6.45) is 0. The summed E-state index contributed by atoms with van der Waals surface area (Å²) in [7, 11) is 0. The lowest BCUT2D eigenvalue weighted by atomic mass is 10.1. The molecule has 0 aliphatic carbocycles. The highest BCUT2D eigenvalue weighted by Gasteiger charge is 2.04. The fourth-order valence-electron chi connectivity index (χ4n) is 1.01. The molecule has 0 saturated carbocycles. The molecule has 1 aromatic carbocycles. The summed E-state index contributed by atoms with van der Waals surface area (Å²) >= 11 is 0. The zero-order chi connectivity index (χ0) is 9.68. The van der Waals surface area contributed by atoms with E-state index in [1.165, 1.54) is 0 Å². The Balaban J connectivity index is 0.00000169. The van der Waals surface area contributed by atoms with Crippen LogP contribution in [0.15, 0.2) is 29.4 Å². The number of halogens is 1. The van der Waals surface area contributed by atoms with Gasteiger partial charge in [-0.1, -0.05) is 23.3 Å². The zero-order valence-electron chi connectivity index (χ0n) is 7.25. The van der Waals surface area contributed by atoms with Gasteiger partial charge in [-0.25, -0.2) is 0 Å². The van der Waals surface area contributed by atoms with Gasteiger partial charge in [-0.05, 0) is 17.2 Å². The van der Waals surface area contributed by atoms with Crippen LogP contribution in [0.3, 0.4) is 0 Å². The number of amides is 1. The number of hydrogen-bond donors (Lipinski definition) is 1. The quantitative estimate of drug-likeness (QED) is 0.463. The third-order valence-corrected chi connectivity index (χ3v) is 1.59. The lowest BCUT2D eigenvalue weighted by Gasteiger charge is -2.01. The van der Waals surface area contributed by atoms with E-state index in [1.54, 1.807) is 24.3 Å². The minimum absolute atomic E-state index is 0. The van der Waals surface area contributed by atoms with Crippen LogP contribution in [0, 0.1) is 0 Å². The number of nitrogens with zero attached hydrogens (tertiary/aromatic N) is 3. The monoisotopic (exact) mass is 212 g/mol. The summed E-state index contributed by atoms with van der Waals surface area (Å²) in [5, 5.41) is 3.36. The van der Waals surface area contributed by atoms with E-state index in [0.717, 1.165) is 0 Å². The average Bonchev–Trinajstić information content (AvgIpc) is 2.15. The molecule has 14 heavy (non-hydrogen) atoms. The van der Waals surface area contributed by atoms with Crippen LogP contribution < -0.4 is 5.73 Å². The maximum absolute atomic E-state index is 10.9. The van der Waals surface area contributed by atoms with Crippen molar-refractivity contribution in [3.05, 3.63) is 45.8 Å². The third-order valence-electron chi connectivity index (χ3n) is 1.59. The maximum atomic E-state index is 10.9. The predicted molar refractivity (Wildman–Crippen MR) is 55.1 cm³/mol. The molecule has 1 amide bonds. The van der Waals surface area contributed by atoms with Crippen LogP contribution in [-0.2, 0) is 6.54 Å². The molecule has 0 saturated heterocycles. The van der Waals surface area contributed by atoms with Crippen LogP contribution in [0.25, 0.3) is 10.4 Å². The van der Waals surface area contributed by atoms with Gasteiger partial charge in [-0.15, -0.1) is 12.4 Å². The highest BCUT2D eigenvalue weighted by molar-refractivity contribution is 5.94. The van der Waals surface area contributed by atoms with Gasteiger partial charge in [0.2, 0.25) is 5.91 Å². The fraction of sp³-hybridized carbons (Fsp3) is 0.125. The Morgan fingerprint density at radius 2 is 2.14 bits per heavy atom. The lowest BCUT2D eigenvalue weighted by Crippen LogP contribution is -2.13. The normalized spacial score (nSPS) is 8.29. The van der Waals surface area contributed by atoms with E-state index in [1.807, 2.05) is 0 Å². The number of rotatable bonds is 3. The van der Waals surface area contributed by atoms with Gasteiger partial charge in [0.1, 0.15) is 0 Å². The van der Waals surface area contributed by atoms with E-state index in [-0.39, 0.29) is 19.0 Å². The molecule has 0 aliphatic rings. The Labute approximate surface area is 86.9 Å². The van der Waals surface area contributed by atoms with E-state index < -0.39 is 5.91 Å². The van der Waals surface area contributed by atoms with Gasteiger partial charge in [0.15, 0.2) is 0 Å². The third kappa shape index (κ3) is 2.97. The lowest BCUT2D eigenvalue weighted by molar-refractivity contribution is 0.0999. The van der Waals surface area contributed by atoms with E-state index in [0.29, 0.717) is 11.1 Å². The summed E-state index contributed by atoms with van der Waals surface area (Å²) in [6.45, 7) is 0.148. The van der Waals surface area contributed by atoms with Gasteiger partial charge in [0.05, 0.1) is 6.54 Å². The highest BCUT2D eigenvalue weighted by atomic mass is 35.5. The smallest absolute Gasteiger partial charge is 0.248 e. The van der Waals surface area contributed by atoms with Crippen LogP contribution in [0.1, 0.15) is 15.9 Å². The van der Waals surface area contributed by atoms with E-state index in [2.05, 4.69) is 10.0 Å². The molecule has 0 aromatic heterocycles. The minimum Gasteiger partial charge on any atom is -0.366 e. The van der Waals surface area contributed by atoms with Gasteiger partial charge in [0, 0.05) is 10.5 Å². The van der Waals surface area contributed by atoms with E-state index >= 15 is 0 Å². The summed E-state index contributed by atoms with van der Waals surface area (Å²) in [5.41, 5.74) is 14.3. The SMILES string of the molecule is Cl.[N-]=[N+]=NCc1ccccc1C(N)=O. The first-order valence-corrected chi connectivity index (χ1v) is 3.64. The largest absolute Gasteiger partial charge is 0.366 e. The standard InChI is InChI=1S/C8H8N4O.ClH/c9-8(13)7-4-2-1-3-6(7)5-11-12-10;/h1-4H,5H2,(H2,9,13);1H. The summed E-state index contributed by atoms with van der Waals surface area (Å²) in [4.78, 5) is 13.5. The van der Waals surface area contributed by atoms with Crippen molar-refractivity contribution >= 4 is 18.3 Å². The maximum Gasteiger partial charge on any atom is 0.248 e. The molecule has 0 atom stereocenters. The van der Waals surface area contributed by atoms with Crippen LogP contribution in [0.2, 0.25) is 0 Å². The summed E-state index contributed by atoms with van der Waals surface area (Å²) < 4.78 is 0. The van der Waals surface area contributed by atoms with Gasteiger partial charge < -0.3 is 5.73 Å². The molecule has 0 aliphatic heterocycles. The number of carbonyl (C=O) groups is 1. The molecular weight excluding hydrogens is 204 g/mol. The Hall–Kier alpha value is -1.71. The number of azide groups is 1. The molecule has 2 N–H and O–H groups in total. The Morgan fingerprint density at radius 3 is 2.71 bits per heavy atom. The average molecular weight is 213 g/mol. The highest BCUT2D eigenvalue weighted by Crippen LogP contribution is 2.08. The molecule has 0 heterocycles. The van der Waals surface area contributed by atoms with Crippen LogP contribution in [0.5, 0.6) is 0 Å². The minimum atomic E-state index is -0.510. The number of primary amides is 1. The number of benzene rings is 1. The number of hydrogen-bond acceptors (Lipinski definition) is 2. The molecule has 5 nitrogen and oxygen atoms in total. The molecule has 6 heteroatoms. The predicted octanol–water partition coefficient (Wildman–Crippen LogP) is 2.02.